The molecule has 0 bridgehead atoms. The molecular weight excluding hydrogens is 399 g/mol. The third-order valence-corrected chi connectivity index (χ3v) is 4.57. The largest absolute Gasteiger partial charge is 0.439 e. The number of amides is 2. The van der Waals surface area contributed by atoms with Crippen LogP contribution in [0.2, 0.25) is 0 Å². The highest BCUT2D eigenvalue weighted by molar-refractivity contribution is 6.43. The van der Waals surface area contributed by atoms with Gasteiger partial charge in [-0.25, -0.2) is 14.4 Å². The van der Waals surface area contributed by atoms with Crippen molar-refractivity contribution in [1.82, 2.24) is 9.99 Å². The number of ether oxygens (including phenoxy) is 1. The van der Waals surface area contributed by atoms with Crippen LogP contribution in [0.4, 0.5) is 10.1 Å². The number of hydrogen-bond donors (Lipinski definition) is 1. The number of para-hydroxylation sites is 1. The van der Waals surface area contributed by atoms with Gasteiger partial charge in [0.1, 0.15) is 17.3 Å². The highest BCUT2D eigenvalue weighted by Gasteiger charge is 2.24. The molecular formula is C23H19FN4O3. The predicted molar refractivity (Wildman–Crippen MR) is 113 cm³/mol. The van der Waals surface area contributed by atoms with Gasteiger partial charge < -0.3 is 10.1 Å². The zero-order chi connectivity index (χ0) is 21.6. The molecule has 0 spiro atoms. The molecule has 156 valence electrons. The molecule has 3 aromatic rings. The van der Waals surface area contributed by atoms with E-state index in [4.69, 9.17) is 4.74 Å². The minimum atomic E-state index is -0.407. The summed E-state index contributed by atoms with van der Waals surface area (Å²) in [7, 11) is 0. The zero-order valence-electron chi connectivity index (χ0n) is 16.5. The molecule has 1 aliphatic rings. The number of carbonyl (C=O) groups excluding carboxylic acids is 2. The second-order valence-corrected chi connectivity index (χ2v) is 6.88. The second-order valence-electron chi connectivity index (χ2n) is 6.88. The summed E-state index contributed by atoms with van der Waals surface area (Å²) in [6.45, 7) is 0.170. The van der Waals surface area contributed by atoms with E-state index < -0.39 is 5.91 Å². The van der Waals surface area contributed by atoms with E-state index in [0.717, 1.165) is 5.56 Å². The van der Waals surface area contributed by atoms with Crippen molar-refractivity contribution in [2.24, 2.45) is 5.10 Å². The summed E-state index contributed by atoms with van der Waals surface area (Å²) in [4.78, 5) is 29.0. The van der Waals surface area contributed by atoms with Crippen LogP contribution in [0, 0.1) is 5.82 Å². The Balaban J connectivity index is 1.40. The molecule has 31 heavy (non-hydrogen) atoms. The molecule has 1 N–H and O–H groups in total. The molecule has 0 saturated heterocycles. The molecule has 0 atom stereocenters. The summed E-state index contributed by atoms with van der Waals surface area (Å²) in [5.74, 6) is 0.107. The summed E-state index contributed by atoms with van der Waals surface area (Å²) in [6, 6.07) is 18.4. The number of hydrazone groups is 1. The molecule has 1 aromatic heterocycles. The Morgan fingerprint density at radius 1 is 1.03 bits per heavy atom. The molecule has 1 aliphatic heterocycles. The van der Waals surface area contributed by atoms with E-state index in [1.807, 2.05) is 30.3 Å². The number of halogens is 1. The number of rotatable bonds is 6. The fourth-order valence-electron chi connectivity index (χ4n) is 2.98. The first-order chi connectivity index (χ1) is 15.1. The summed E-state index contributed by atoms with van der Waals surface area (Å²) in [5.41, 5.74) is 1.44. The molecule has 4 rings (SSSR count). The molecule has 8 heteroatoms. The number of hydrogen-bond acceptors (Lipinski definition) is 5. The summed E-state index contributed by atoms with van der Waals surface area (Å²) >= 11 is 0. The molecule has 7 nitrogen and oxygen atoms in total. The topological polar surface area (TPSA) is 83.9 Å². The van der Waals surface area contributed by atoms with Crippen molar-refractivity contribution in [3.05, 3.63) is 84.3 Å². The number of aromatic nitrogens is 1. The lowest BCUT2D eigenvalue weighted by Gasteiger charge is -2.23. The van der Waals surface area contributed by atoms with E-state index in [1.165, 1.54) is 23.3 Å². The van der Waals surface area contributed by atoms with Crippen molar-refractivity contribution in [2.75, 3.05) is 5.32 Å². The Kier molecular flexibility index (Phi) is 5.98. The average Bonchev–Trinajstić information content (AvgIpc) is 2.79. The maximum atomic E-state index is 13.1. The van der Waals surface area contributed by atoms with Gasteiger partial charge in [0.15, 0.2) is 0 Å². The van der Waals surface area contributed by atoms with E-state index in [1.54, 1.807) is 24.3 Å². The predicted octanol–water partition coefficient (Wildman–Crippen LogP) is 4.13. The lowest BCUT2D eigenvalue weighted by molar-refractivity contribution is -0.132. The van der Waals surface area contributed by atoms with Crippen molar-refractivity contribution in [1.29, 1.82) is 0 Å². The third kappa shape index (κ3) is 5.30. The van der Waals surface area contributed by atoms with Crippen molar-refractivity contribution >= 4 is 23.2 Å². The zero-order valence-corrected chi connectivity index (χ0v) is 16.5. The Morgan fingerprint density at radius 3 is 2.52 bits per heavy atom. The summed E-state index contributed by atoms with van der Waals surface area (Å²) in [5, 5.41) is 8.17. The normalized spacial score (nSPS) is 13.5. The lowest BCUT2D eigenvalue weighted by Crippen LogP contribution is -2.36. The molecule has 0 aliphatic carbocycles. The van der Waals surface area contributed by atoms with Crippen LogP contribution in [0.5, 0.6) is 11.6 Å². The highest BCUT2D eigenvalue weighted by Crippen LogP contribution is 2.20. The fraction of sp³-hybridized carbons (Fsp3) is 0.130. The van der Waals surface area contributed by atoms with Crippen molar-refractivity contribution < 1.29 is 18.7 Å². The number of benzene rings is 2. The minimum Gasteiger partial charge on any atom is -0.439 e. The number of nitrogens with one attached hydrogen (secondary N) is 1. The van der Waals surface area contributed by atoms with E-state index >= 15 is 0 Å². The van der Waals surface area contributed by atoms with Crippen LogP contribution in [-0.2, 0) is 16.1 Å². The van der Waals surface area contributed by atoms with Crippen LogP contribution in [-0.4, -0.2) is 27.5 Å². The SMILES string of the molecule is O=C(Nc1ccc(Oc2ccccc2)nc1)C1=NN(Cc2ccc(F)cc2)C(=O)CC1. The first kappa shape index (κ1) is 20.2. The smallest absolute Gasteiger partial charge is 0.271 e. The third-order valence-electron chi connectivity index (χ3n) is 4.57. The van der Waals surface area contributed by atoms with E-state index in [9.17, 15) is 14.0 Å². The van der Waals surface area contributed by atoms with Gasteiger partial charge in [-0.05, 0) is 35.9 Å². The standard InChI is InChI=1S/C23H19FN4O3/c24-17-8-6-16(7-9-17)15-28-22(29)13-11-20(27-28)23(30)26-18-10-12-21(25-14-18)31-19-4-2-1-3-5-19/h1-10,12,14H,11,13,15H2,(H,26,30). The highest BCUT2D eigenvalue weighted by atomic mass is 19.1. The van der Waals surface area contributed by atoms with Crippen LogP contribution in [0.25, 0.3) is 0 Å². The van der Waals surface area contributed by atoms with Gasteiger partial charge in [0, 0.05) is 18.9 Å². The van der Waals surface area contributed by atoms with Crippen LogP contribution in [0.3, 0.4) is 0 Å². The first-order valence-electron chi connectivity index (χ1n) is 9.69. The average molecular weight is 418 g/mol. The van der Waals surface area contributed by atoms with Gasteiger partial charge in [-0.2, -0.15) is 5.10 Å². The van der Waals surface area contributed by atoms with Gasteiger partial charge in [-0.3, -0.25) is 9.59 Å². The fourth-order valence-corrected chi connectivity index (χ4v) is 2.98. The van der Waals surface area contributed by atoms with Gasteiger partial charge in [0.25, 0.3) is 5.91 Å². The maximum Gasteiger partial charge on any atom is 0.271 e. The maximum absolute atomic E-state index is 13.1. The molecule has 2 amide bonds. The van der Waals surface area contributed by atoms with Gasteiger partial charge in [-0.15, -0.1) is 0 Å². The van der Waals surface area contributed by atoms with Gasteiger partial charge in [0.05, 0.1) is 18.4 Å². The van der Waals surface area contributed by atoms with Gasteiger partial charge >= 0.3 is 0 Å². The van der Waals surface area contributed by atoms with Crippen LogP contribution in [0.1, 0.15) is 18.4 Å². The number of nitrogens with zero attached hydrogens (tertiary/aromatic N) is 3. The van der Waals surface area contributed by atoms with Crippen molar-refractivity contribution in [2.45, 2.75) is 19.4 Å². The number of pyridine rings is 1. The molecule has 0 radical (unpaired) electrons. The van der Waals surface area contributed by atoms with Crippen LogP contribution >= 0.6 is 0 Å². The Hall–Kier alpha value is -4.07. The van der Waals surface area contributed by atoms with Crippen LogP contribution < -0.4 is 10.1 Å². The summed E-state index contributed by atoms with van der Waals surface area (Å²) < 4.78 is 18.7. The van der Waals surface area contributed by atoms with Gasteiger partial charge in [-0.1, -0.05) is 30.3 Å². The van der Waals surface area contributed by atoms with E-state index in [-0.39, 0.29) is 36.8 Å². The van der Waals surface area contributed by atoms with Crippen molar-refractivity contribution in [3.8, 4) is 11.6 Å². The molecule has 0 unspecified atom stereocenters. The molecule has 0 fully saturated rings. The molecule has 2 heterocycles. The minimum absolute atomic E-state index is 0.170. The van der Waals surface area contributed by atoms with Crippen molar-refractivity contribution in [3.63, 3.8) is 0 Å². The monoisotopic (exact) mass is 418 g/mol. The quantitative estimate of drug-likeness (QED) is 0.652. The van der Waals surface area contributed by atoms with Crippen LogP contribution in [0.15, 0.2) is 78.0 Å². The Labute approximate surface area is 178 Å². The number of anilines is 1. The molecule has 2 aromatic carbocycles. The second kappa shape index (κ2) is 9.17. The first-order valence-corrected chi connectivity index (χ1v) is 9.69. The summed E-state index contributed by atoms with van der Waals surface area (Å²) in [6.07, 6.45) is 1.91. The van der Waals surface area contributed by atoms with E-state index in [2.05, 4.69) is 15.4 Å². The lowest BCUT2D eigenvalue weighted by atomic mass is 10.1. The number of carbonyl (C=O) groups is 2. The Bertz CT molecular complexity index is 1100. The van der Waals surface area contributed by atoms with E-state index in [0.29, 0.717) is 17.3 Å². The Morgan fingerprint density at radius 2 is 1.81 bits per heavy atom. The molecule has 0 saturated carbocycles. The van der Waals surface area contributed by atoms with Gasteiger partial charge in [0.2, 0.25) is 11.8 Å².